The fourth-order valence-electron chi connectivity index (χ4n) is 1.50. The van der Waals surface area contributed by atoms with Gasteiger partial charge in [0, 0.05) is 13.6 Å². The van der Waals surface area contributed by atoms with Crippen LogP contribution in [0.1, 0.15) is 25.2 Å². The molecule has 0 saturated heterocycles. The van der Waals surface area contributed by atoms with Gasteiger partial charge >= 0.3 is 0 Å². The minimum absolute atomic E-state index is 0.0925. The maximum Gasteiger partial charge on any atom is 0.147 e. The lowest BCUT2D eigenvalue weighted by Gasteiger charge is -2.29. The van der Waals surface area contributed by atoms with Crippen LogP contribution in [-0.2, 0) is 0 Å². The predicted molar refractivity (Wildman–Crippen MR) is 67.6 cm³/mol. The van der Waals surface area contributed by atoms with Crippen LogP contribution in [0.2, 0.25) is 0 Å². The third kappa shape index (κ3) is 3.17. The van der Waals surface area contributed by atoms with Gasteiger partial charge in [-0.05, 0) is 25.8 Å². The lowest BCUT2D eigenvalue weighted by Crippen LogP contribution is -2.37. The van der Waals surface area contributed by atoms with Gasteiger partial charge in [0.2, 0.25) is 0 Å². The molecule has 1 rings (SSSR count). The van der Waals surface area contributed by atoms with Crippen LogP contribution in [-0.4, -0.2) is 30.1 Å². The van der Waals surface area contributed by atoms with Gasteiger partial charge in [0.15, 0.2) is 0 Å². The van der Waals surface area contributed by atoms with Crippen molar-refractivity contribution in [2.24, 2.45) is 11.1 Å². The molecule has 4 heteroatoms. The summed E-state index contributed by atoms with van der Waals surface area (Å²) in [7, 11) is 2.02. The highest BCUT2D eigenvalue weighted by Gasteiger charge is 2.19. The second kappa shape index (κ2) is 4.78. The van der Waals surface area contributed by atoms with E-state index in [1.807, 2.05) is 27.1 Å². The number of hydrogen-bond acceptors (Lipinski definition) is 4. The standard InChI is InChI=1S/C12H22N4/c1-9-10(2)15-11(6-14-9)16(5)8-12(3,4)7-13/h6H,7-8,13H2,1-5H3. The summed E-state index contributed by atoms with van der Waals surface area (Å²) < 4.78 is 0. The average Bonchev–Trinajstić information content (AvgIpc) is 2.21. The lowest BCUT2D eigenvalue weighted by molar-refractivity contribution is 0.384. The third-order valence-corrected chi connectivity index (χ3v) is 2.79. The molecule has 0 saturated carbocycles. The van der Waals surface area contributed by atoms with Crippen molar-refractivity contribution in [1.29, 1.82) is 0 Å². The van der Waals surface area contributed by atoms with E-state index in [1.165, 1.54) is 0 Å². The molecule has 0 radical (unpaired) electrons. The second-order valence-corrected chi connectivity index (χ2v) is 5.12. The van der Waals surface area contributed by atoms with E-state index in [9.17, 15) is 0 Å². The Labute approximate surface area is 97.9 Å². The molecule has 1 heterocycles. The summed E-state index contributed by atoms with van der Waals surface area (Å²) in [5.74, 6) is 0.907. The molecular weight excluding hydrogens is 200 g/mol. The highest BCUT2D eigenvalue weighted by atomic mass is 15.2. The van der Waals surface area contributed by atoms with E-state index in [-0.39, 0.29) is 5.41 Å². The Morgan fingerprint density at radius 3 is 2.44 bits per heavy atom. The number of rotatable bonds is 4. The summed E-state index contributed by atoms with van der Waals surface area (Å²) in [5, 5.41) is 0. The summed E-state index contributed by atoms with van der Waals surface area (Å²) in [4.78, 5) is 10.9. The van der Waals surface area contributed by atoms with Crippen LogP contribution in [0.4, 0.5) is 5.82 Å². The fraction of sp³-hybridized carbons (Fsp3) is 0.667. The minimum Gasteiger partial charge on any atom is -0.358 e. The number of hydrogen-bond donors (Lipinski definition) is 1. The Bertz CT molecular complexity index is 360. The molecule has 0 aliphatic rings. The predicted octanol–water partition coefficient (Wildman–Crippen LogP) is 1.51. The first-order valence-electron chi connectivity index (χ1n) is 5.57. The quantitative estimate of drug-likeness (QED) is 0.839. The zero-order chi connectivity index (χ0) is 12.3. The monoisotopic (exact) mass is 222 g/mol. The summed E-state index contributed by atoms with van der Waals surface area (Å²) in [6.07, 6.45) is 1.81. The maximum absolute atomic E-state index is 5.72. The van der Waals surface area contributed by atoms with Crippen LogP contribution in [0.3, 0.4) is 0 Å². The van der Waals surface area contributed by atoms with E-state index in [0.717, 1.165) is 23.8 Å². The zero-order valence-corrected chi connectivity index (χ0v) is 10.9. The Hall–Kier alpha value is -1.16. The summed E-state index contributed by atoms with van der Waals surface area (Å²) in [6, 6.07) is 0. The van der Waals surface area contributed by atoms with Gasteiger partial charge < -0.3 is 10.6 Å². The van der Waals surface area contributed by atoms with Crippen LogP contribution in [0.15, 0.2) is 6.20 Å². The first-order chi connectivity index (χ1) is 7.35. The molecular formula is C12H22N4. The molecule has 0 aliphatic carbocycles. The number of nitrogens with two attached hydrogens (primary N) is 1. The molecule has 0 aromatic carbocycles. The normalized spacial score (nSPS) is 11.6. The largest absolute Gasteiger partial charge is 0.358 e. The Morgan fingerprint density at radius 2 is 1.94 bits per heavy atom. The van der Waals surface area contributed by atoms with Gasteiger partial charge in [-0.1, -0.05) is 13.8 Å². The van der Waals surface area contributed by atoms with Gasteiger partial charge in [0.05, 0.1) is 17.6 Å². The highest BCUT2D eigenvalue weighted by Crippen LogP contribution is 2.18. The average molecular weight is 222 g/mol. The molecule has 0 aliphatic heterocycles. The second-order valence-electron chi connectivity index (χ2n) is 5.12. The van der Waals surface area contributed by atoms with E-state index in [1.54, 1.807) is 0 Å². The number of aromatic nitrogens is 2. The van der Waals surface area contributed by atoms with Gasteiger partial charge in [-0.25, -0.2) is 4.98 Å². The van der Waals surface area contributed by atoms with Crippen molar-refractivity contribution in [3.05, 3.63) is 17.6 Å². The molecule has 1 aromatic rings. The molecule has 0 amide bonds. The van der Waals surface area contributed by atoms with Crippen molar-refractivity contribution in [1.82, 2.24) is 9.97 Å². The van der Waals surface area contributed by atoms with Crippen molar-refractivity contribution in [3.63, 3.8) is 0 Å². The van der Waals surface area contributed by atoms with Gasteiger partial charge in [0.1, 0.15) is 5.82 Å². The van der Waals surface area contributed by atoms with Crippen molar-refractivity contribution in [2.45, 2.75) is 27.7 Å². The highest BCUT2D eigenvalue weighted by molar-refractivity contribution is 5.36. The zero-order valence-electron chi connectivity index (χ0n) is 10.9. The Kier molecular flexibility index (Phi) is 3.86. The van der Waals surface area contributed by atoms with Gasteiger partial charge in [-0.2, -0.15) is 0 Å². The van der Waals surface area contributed by atoms with Crippen LogP contribution >= 0.6 is 0 Å². The molecule has 90 valence electrons. The van der Waals surface area contributed by atoms with Crippen LogP contribution in [0.5, 0.6) is 0 Å². The maximum atomic E-state index is 5.72. The fourth-order valence-corrected chi connectivity index (χ4v) is 1.50. The van der Waals surface area contributed by atoms with Crippen molar-refractivity contribution in [2.75, 3.05) is 25.0 Å². The number of aryl methyl sites for hydroxylation is 2. The Morgan fingerprint density at radius 1 is 1.31 bits per heavy atom. The summed E-state index contributed by atoms with van der Waals surface area (Å²) in [6.45, 7) is 9.79. The molecule has 16 heavy (non-hydrogen) atoms. The lowest BCUT2D eigenvalue weighted by atomic mass is 9.93. The van der Waals surface area contributed by atoms with E-state index >= 15 is 0 Å². The Balaban J connectivity index is 2.81. The van der Waals surface area contributed by atoms with Crippen LogP contribution < -0.4 is 10.6 Å². The van der Waals surface area contributed by atoms with Crippen molar-refractivity contribution in [3.8, 4) is 0 Å². The summed E-state index contributed by atoms with van der Waals surface area (Å²) in [5.41, 5.74) is 7.78. The molecule has 0 fully saturated rings. The third-order valence-electron chi connectivity index (χ3n) is 2.79. The van der Waals surface area contributed by atoms with Crippen LogP contribution in [0, 0.1) is 19.3 Å². The topological polar surface area (TPSA) is 55.0 Å². The molecule has 1 aromatic heterocycles. The molecule has 0 spiro atoms. The first kappa shape index (κ1) is 12.9. The molecule has 0 bridgehead atoms. The van der Waals surface area contributed by atoms with Crippen molar-refractivity contribution >= 4 is 5.82 Å². The number of nitrogens with zero attached hydrogens (tertiary/aromatic N) is 3. The van der Waals surface area contributed by atoms with Crippen molar-refractivity contribution < 1.29 is 0 Å². The van der Waals surface area contributed by atoms with E-state index in [0.29, 0.717) is 6.54 Å². The molecule has 4 nitrogen and oxygen atoms in total. The van der Waals surface area contributed by atoms with E-state index < -0.39 is 0 Å². The summed E-state index contributed by atoms with van der Waals surface area (Å²) >= 11 is 0. The van der Waals surface area contributed by atoms with Gasteiger partial charge in [-0.3, -0.25) is 4.98 Å². The van der Waals surface area contributed by atoms with Crippen LogP contribution in [0.25, 0.3) is 0 Å². The molecule has 0 atom stereocenters. The SMILES string of the molecule is Cc1ncc(N(C)CC(C)(C)CN)nc1C. The van der Waals surface area contributed by atoms with Gasteiger partial charge in [-0.15, -0.1) is 0 Å². The van der Waals surface area contributed by atoms with E-state index in [4.69, 9.17) is 5.73 Å². The van der Waals surface area contributed by atoms with Gasteiger partial charge in [0.25, 0.3) is 0 Å². The molecule has 0 unspecified atom stereocenters. The smallest absolute Gasteiger partial charge is 0.147 e. The first-order valence-corrected chi connectivity index (χ1v) is 5.57. The molecule has 2 N–H and O–H groups in total. The minimum atomic E-state index is 0.0925. The number of anilines is 1. The van der Waals surface area contributed by atoms with E-state index in [2.05, 4.69) is 28.7 Å².